The lowest BCUT2D eigenvalue weighted by molar-refractivity contribution is 0.122. The first-order valence-electron chi connectivity index (χ1n) is 6.85. The van der Waals surface area contributed by atoms with Gasteiger partial charge in [-0.2, -0.15) is 0 Å². The molecule has 0 aliphatic rings. The van der Waals surface area contributed by atoms with E-state index in [1.54, 1.807) is 6.92 Å². The molecule has 0 bridgehead atoms. The lowest BCUT2D eigenvalue weighted by atomic mass is 9.94. The number of fused-ring (bicyclic) bond motifs is 1. The molecule has 0 aromatic heterocycles. The van der Waals surface area contributed by atoms with E-state index in [0.717, 1.165) is 30.2 Å². The van der Waals surface area contributed by atoms with Gasteiger partial charge in [0.15, 0.2) is 0 Å². The van der Waals surface area contributed by atoms with E-state index in [9.17, 15) is 5.11 Å². The molecular weight excluding hydrogens is 232 g/mol. The van der Waals surface area contributed by atoms with E-state index >= 15 is 0 Å². The maximum atomic E-state index is 10.5. The van der Waals surface area contributed by atoms with Crippen LogP contribution in [0.15, 0.2) is 42.5 Å². The van der Waals surface area contributed by atoms with E-state index < -0.39 is 5.60 Å². The van der Waals surface area contributed by atoms with Crippen LogP contribution in [0.25, 0.3) is 10.8 Å². The molecular formula is C18H20O. The first-order valence-corrected chi connectivity index (χ1v) is 6.85. The SMILES string of the molecule is CCCCC#C[C@@](C)(O)c1ccc2ccccc2c1. The van der Waals surface area contributed by atoms with Crippen LogP contribution in [-0.2, 0) is 5.60 Å². The van der Waals surface area contributed by atoms with Crippen molar-refractivity contribution in [2.24, 2.45) is 0 Å². The van der Waals surface area contributed by atoms with Gasteiger partial charge in [-0.1, -0.05) is 61.6 Å². The molecule has 0 aliphatic carbocycles. The predicted molar refractivity (Wildman–Crippen MR) is 80.8 cm³/mol. The van der Waals surface area contributed by atoms with Crippen molar-refractivity contribution in [3.8, 4) is 11.8 Å². The van der Waals surface area contributed by atoms with E-state index in [4.69, 9.17) is 0 Å². The maximum Gasteiger partial charge on any atom is 0.148 e. The van der Waals surface area contributed by atoms with Crippen LogP contribution in [0.3, 0.4) is 0 Å². The molecule has 0 aliphatic heterocycles. The summed E-state index contributed by atoms with van der Waals surface area (Å²) in [5.41, 5.74) is -0.215. The molecule has 0 fully saturated rings. The van der Waals surface area contributed by atoms with Gasteiger partial charge in [-0.05, 0) is 35.7 Å². The second-order valence-corrected chi connectivity index (χ2v) is 5.04. The summed E-state index contributed by atoms with van der Waals surface area (Å²) in [7, 11) is 0. The van der Waals surface area contributed by atoms with Gasteiger partial charge in [-0.25, -0.2) is 0 Å². The number of aliphatic hydroxyl groups is 1. The molecule has 19 heavy (non-hydrogen) atoms. The zero-order valence-electron chi connectivity index (χ0n) is 11.6. The smallest absolute Gasteiger partial charge is 0.148 e. The van der Waals surface area contributed by atoms with E-state index in [1.165, 1.54) is 5.39 Å². The molecule has 1 heteroatoms. The van der Waals surface area contributed by atoms with E-state index in [1.807, 2.05) is 30.3 Å². The third-order valence-corrected chi connectivity index (χ3v) is 3.30. The zero-order chi connectivity index (χ0) is 13.7. The number of hydrogen-bond donors (Lipinski definition) is 1. The zero-order valence-corrected chi connectivity index (χ0v) is 11.6. The summed E-state index contributed by atoms with van der Waals surface area (Å²) in [5.74, 6) is 6.05. The summed E-state index contributed by atoms with van der Waals surface area (Å²) in [6, 6.07) is 14.2. The van der Waals surface area contributed by atoms with Crippen LogP contribution in [0.4, 0.5) is 0 Å². The molecule has 0 amide bonds. The molecule has 1 nitrogen and oxygen atoms in total. The highest BCUT2D eigenvalue weighted by atomic mass is 16.3. The summed E-state index contributed by atoms with van der Waals surface area (Å²) in [6.07, 6.45) is 3.06. The van der Waals surface area contributed by atoms with Crippen molar-refractivity contribution in [3.63, 3.8) is 0 Å². The first kappa shape index (κ1) is 13.6. The van der Waals surface area contributed by atoms with Crippen molar-refractivity contribution >= 4 is 10.8 Å². The van der Waals surface area contributed by atoms with Gasteiger partial charge in [-0.15, -0.1) is 0 Å². The molecule has 1 N–H and O–H groups in total. The lowest BCUT2D eigenvalue weighted by Gasteiger charge is -2.17. The van der Waals surface area contributed by atoms with Gasteiger partial charge in [0.25, 0.3) is 0 Å². The van der Waals surface area contributed by atoms with Crippen molar-refractivity contribution in [2.75, 3.05) is 0 Å². The second kappa shape index (κ2) is 5.91. The fourth-order valence-electron chi connectivity index (χ4n) is 2.06. The molecule has 2 rings (SSSR count). The van der Waals surface area contributed by atoms with Gasteiger partial charge < -0.3 is 5.11 Å². The van der Waals surface area contributed by atoms with Crippen molar-refractivity contribution in [2.45, 2.75) is 38.7 Å². The highest BCUT2D eigenvalue weighted by Gasteiger charge is 2.19. The number of benzene rings is 2. The minimum absolute atomic E-state index is 0.847. The van der Waals surface area contributed by atoms with Gasteiger partial charge >= 0.3 is 0 Å². The van der Waals surface area contributed by atoms with Gasteiger partial charge in [-0.3, -0.25) is 0 Å². The summed E-state index contributed by atoms with van der Waals surface area (Å²) in [6.45, 7) is 3.90. The summed E-state index contributed by atoms with van der Waals surface area (Å²) in [4.78, 5) is 0. The Morgan fingerprint density at radius 3 is 2.58 bits per heavy atom. The van der Waals surface area contributed by atoms with Crippen LogP contribution >= 0.6 is 0 Å². The Morgan fingerprint density at radius 2 is 1.84 bits per heavy atom. The molecule has 0 unspecified atom stereocenters. The molecule has 98 valence electrons. The molecule has 0 spiro atoms. The number of rotatable bonds is 3. The standard InChI is InChI=1S/C18H20O/c1-3-4-5-8-13-18(2,19)17-12-11-15-9-6-7-10-16(15)14-17/h6-7,9-12,14,19H,3-5H2,1-2H3/t18-/m1/s1. The van der Waals surface area contributed by atoms with Crippen LogP contribution in [0.5, 0.6) is 0 Å². The Kier molecular flexibility index (Phi) is 4.24. The second-order valence-electron chi connectivity index (χ2n) is 5.04. The number of hydrogen-bond acceptors (Lipinski definition) is 1. The maximum absolute atomic E-state index is 10.5. The van der Waals surface area contributed by atoms with Gasteiger partial charge in [0, 0.05) is 6.42 Å². The Morgan fingerprint density at radius 1 is 1.11 bits per heavy atom. The van der Waals surface area contributed by atoms with Crippen molar-refractivity contribution in [3.05, 3.63) is 48.0 Å². The fourth-order valence-corrected chi connectivity index (χ4v) is 2.06. The van der Waals surface area contributed by atoms with Crippen molar-refractivity contribution < 1.29 is 5.11 Å². The van der Waals surface area contributed by atoms with Crippen LogP contribution in [0, 0.1) is 11.8 Å². The fraction of sp³-hybridized carbons (Fsp3) is 0.333. The highest BCUT2D eigenvalue weighted by Crippen LogP contribution is 2.24. The van der Waals surface area contributed by atoms with Crippen LogP contribution in [0.2, 0.25) is 0 Å². The molecule has 0 saturated carbocycles. The molecule has 0 saturated heterocycles. The Balaban J connectivity index is 2.28. The third kappa shape index (κ3) is 3.36. The van der Waals surface area contributed by atoms with Crippen LogP contribution in [-0.4, -0.2) is 5.11 Å². The van der Waals surface area contributed by atoms with Crippen LogP contribution in [0.1, 0.15) is 38.7 Å². The Bertz CT molecular complexity index is 614. The normalized spacial score (nSPS) is 13.6. The monoisotopic (exact) mass is 252 g/mol. The summed E-state index contributed by atoms with van der Waals surface area (Å²) in [5, 5.41) is 12.8. The molecule has 2 aromatic rings. The highest BCUT2D eigenvalue weighted by molar-refractivity contribution is 5.83. The topological polar surface area (TPSA) is 20.2 Å². The first-order chi connectivity index (χ1) is 9.13. The van der Waals surface area contributed by atoms with Crippen LogP contribution < -0.4 is 0 Å². The summed E-state index contributed by atoms with van der Waals surface area (Å²) < 4.78 is 0. The average molecular weight is 252 g/mol. The molecule has 0 radical (unpaired) electrons. The number of unbranched alkanes of at least 4 members (excludes halogenated alkanes) is 2. The van der Waals surface area contributed by atoms with E-state index in [2.05, 4.69) is 30.9 Å². The van der Waals surface area contributed by atoms with Gasteiger partial charge in [0.2, 0.25) is 0 Å². The Hall–Kier alpha value is -1.78. The minimum atomic E-state index is -1.07. The minimum Gasteiger partial charge on any atom is -0.374 e. The predicted octanol–water partition coefficient (Wildman–Crippen LogP) is 4.24. The summed E-state index contributed by atoms with van der Waals surface area (Å²) >= 11 is 0. The quantitative estimate of drug-likeness (QED) is 0.640. The Labute approximate surface area is 115 Å². The lowest BCUT2D eigenvalue weighted by Crippen LogP contribution is -2.18. The van der Waals surface area contributed by atoms with Crippen molar-refractivity contribution in [1.82, 2.24) is 0 Å². The molecule has 0 heterocycles. The van der Waals surface area contributed by atoms with E-state index in [0.29, 0.717) is 0 Å². The molecule has 1 atom stereocenters. The third-order valence-electron chi connectivity index (χ3n) is 3.30. The van der Waals surface area contributed by atoms with E-state index in [-0.39, 0.29) is 0 Å². The molecule has 2 aromatic carbocycles. The van der Waals surface area contributed by atoms with Gasteiger partial charge in [0.05, 0.1) is 0 Å². The van der Waals surface area contributed by atoms with Gasteiger partial charge in [0.1, 0.15) is 5.60 Å². The van der Waals surface area contributed by atoms with Crippen molar-refractivity contribution in [1.29, 1.82) is 0 Å². The largest absolute Gasteiger partial charge is 0.374 e. The average Bonchev–Trinajstić information content (AvgIpc) is 2.43.